The van der Waals surface area contributed by atoms with Crippen LogP contribution in [-0.2, 0) is 4.79 Å². The SMILES string of the molecule is Cc1ccnc(OC[C@@H]2CCC(=O)N2)n1. The van der Waals surface area contributed by atoms with Gasteiger partial charge in [0, 0.05) is 18.3 Å². The zero-order chi connectivity index (χ0) is 10.7. The molecule has 5 heteroatoms. The van der Waals surface area contributed by atoms with E-state index in [9.17, 15) is 4.79 Å². The Hall–Kier alpha value is -1.65. The summed E-state index contributed by atoms with van der Waals surface area (Å²) in [5, 5.41) is 2.82. The number of carbonyl (C=O) groups excluding carboxylic acids is 1. The van der Waals surface area contributed by atoms with Crippen LogP contribution in [0.3, 0.4) is 0 Å². The van der Waals surface area contributed by atoms with E-state index in [0.29, 0.717) is 19.0 Å². The van der Waals surface area contributed by atoms with Gasteiger partial charge in [-0.2, -0.15) is 0 Å². The highest BCUT2D eigenvalue weighted by Crippen LogP contribution is 2.08. The largest absolute Gasteiger partial charge is 0.461 e. The molecule has 15 heavy (non-hydrogen) atoms. The fourth-order valence-electron chi connectivity index (χ4n) is 1.47. The Labute approximate surface area is 87.9 Å². The maximum absolute atomic E-state index is 10.9. The highest BCUT2D eigenvalue weighted by atomic mass is 16.5. The van der Waals surface area contributed by atoms with E-state index in [-0.39, 0.29) is 11.9 Å². The van der Waals surface area contributed by atoms with Gasteiger partial charge in [-0.3, -0.25) is 4.79 Å². The first-order chi connectivity index (χ1) is 7.24. The molecule has 0 aliphatic carbocycles. The van der Waals surface area contributed by atoms with Crippen LogP contribution in [0.15, 0.2) is 12.3 Å². The third kappa shape index (κ3) is 2.65. The van der Waals surface area contributed by atoms with Crippen molar-refractivity contribution in [2.75, 3.05) is 6.61 Å². The van der Waals surface area contributed by atoms with Crippen LogP contribution >= 0.6 is 0 Å². The Bertz CT molecular complexity index is 367. The molecule has 0 spiro atoms. The molecule has 0 bridgehead atoms. The molecule has 80 valence electrons. The molecule has 1 aliphatic rings. The van der Waals surface area contributed by atoms with Gasteiger partial charge in [-0.15, -0.1) is 0 Å². The minimum atomic E-state index is 0.0914. The first-order valence-electron chi connectivity index (χ1n) is 4.96. The molecule has 1 atom stereocenters. The summed E-state index contributed by atoms with van der Waals surface area (Å²) in [6.45, 7) is 2.32. The lowest BCUT2D eigenvalue weighted by molar-refractivity contribution is -0.119. The summed E-state index contributed by atoms with van der Waals surface area (Å²) < 4.78 is 5.38. The number of hydrogen-bond acceptors (Lipinski definition) is 4. The Balaban J connectivity index is 1.85. The number of carbonyl (C=O) groups is 1. The number of amides is 1. The van der Waals surface area contributed by atoms with Crippen LogP contribution in [0.4, 0.5) is 0 Å². The van der Waals surface area contributed by atoms with Crippen LogP contribution in [0.2, 0.25) is 0 Å². The molecule has 1 aromatic rings. The highest BCUT2D eigenvalue weighted by molar-refractivity contribution is 5.78. The summed E-state index contributed by atoms with van der Waals surface area (Å²) in [6, 6.07) is 2.28. The van der Waals surface area contributed by atoms with E-state index in [2.05, 4.69) is 15.3 Å². The number of aromatic nitrogens is 2. The average Bonchev–Trinajstić information content (AvgIpc) is 2.62. The Kier molecular flexibility index (Phi) is 2.80. The number of nitrogens with zero attached hydrogens (tertiary/aromatic N) is 2. The summed E-state index contributed by atoms with van der Waals surface area (Å²) in [5.74, 6) is 0.0914. The molecule has 0 aromatic carbocycles. The number of hydrogen-bond donors (Lipinski definition) is 1. The second-order valence-corrected chi connectivity index (χ2v) is 3.59. The first-order valence-corrected chi connectivity index (χ1v) is 4.96. The van der Waals surface area contributed by atoms with Gasteiger partial charge < -0.3 is 10.1 Å². The Morgan fingerprint density at radius 2 is 2.53 bits per heavy atom. The lowest BCUT2D eigenvalue weighted by Crippen LogP contribution is -2.31. The number of ether oxygens (including phenoxy) is 1. The van der Waals surface area contributed by atoms with Gasteiger partial charge in [0.1, 0.15) is 6.61 Å². The van der Waals surface area contributed by atoms with Crippen molar-refractivity contribution in [2.45, 2.75) is 25.8 Å². The van der Waals surface area contributed by atoms with Gasteiger partial charge in [0.05, 0.1) is 6.04 Å². The molecule has 0 unspecified atom stereocenters. The van der Waals surface area contributed by atoms with Crippen molar-refractivity contribution in [3.8, 4) is 6.01 Å². The van der Waals surface area contributed by atoms with Crippen molar-refractivity contribution >= 4 is 5.91 Å². The lowest BCUT2D eigenvalue weighted by atomic mass is 10.2. The molecular weight excluding hydrogens is 194 g/mol. The minimum Gasteiger partial charge on any atom is -0.461 e. The summed E-state index contributed by atoms with van der Waals surface area (Å²) >= 11 is 0. The summed E-state index contributed by atoms with van der Waals surface area (Å²) in [6.07, 6.45) is 3.07. The molecule has 0 radical (unpaired) electrons. The van der Waals surface area contributed by atoms with Crippen LogP contribution < -0.4 is 10.1 Å². The molecule has 0 saturated carbocycles. The van der Waals surface area contributed by atoms with E-state index >= 15 is 0 Å². The minimum absolute atomic E-state index is 0.0914. The smallest absolute Gasteiger partial charge is 0.316 e. The number of aryl methyl sites for hydroxylation is 1. The van der Waals surface area contributed by atoms with E-state index in [0.717, 1.165) is 12.1 Å². The van der Waals surface area contributed by atoms with Crippen molar-refractivity contribution in [3.63, 3.8) is 0 Å². The Morgan fingerprint density at radius 1 is 1.67 bits per heavy atom. The van der Waals surface area contributed by atoms with Gasteiger partial charge >= 0.3 is 6.01 Å². The van der Waals surface area contributed by atoms with Crippen molar-refractivity contribution < 1.29 is 9.53 Å². The van der Waals surface area contributed by atoms with E-state index in [1.165, 1.54) is 0 Å². The zero-order valence-electron chi connectivity index (χ0n) is 8.56. The molecule has 1 N–H and O–H groups in total. The third-order valence-electron chi connectivity index (χ3n) is 2.27. The van der Waals surface area contributed by atoms with Gasteiger partial charge in [0.2, 0.25) is 5.91 Å². The summed E-state index contributed by atoms with van der Waals surface area (Å²) in [5.41, 5.74) is 0.871. The van der Waals surface area contributed by atoms with E-state index in [1.807, 2.05) is 13.0 Å². The molecule has 1 amide bonds. The fraction of sp³-hybridized carbons (Fsp3) is 0.500. The average molecular weight is 207 g/mol. The molecule has 1 aliphatic heterocycles. The zero-order valence-corrected chi connectivity index (χ0v) is 8.56. The van der Waals surface area contributed by atoms with Crippen molar-refractivity contribution in [1.29, 1.82) is 0 Å². The summed E-state index contributed by atoms with van der Waals surface area (Å²) in [4.78, 5) is 19.0. The predicted molar refractivity (Wildman–Crippen MR) is 53.4 cm³/mol. The lowest BCUT2D eigenvalue weighted by Gasteiger charge is -2.10. The van der Waals surface area contributed by atoms with Gasteiger partial charge in [0.25, 0.3) is 0 Å². The van der Waals surface area contributed by atoms with E-state index in [1.54, 1.807) is 6.20 Å². The molecule has 1 aromatic heterocycles. The van der Waals surface area contributed by atoms with Crippen LogP contribution in [0.5, 0.6) is 6.01 Å². The maximum atomic E-state index is 10.9. The normalized spacial score (nSPS) is 20.1. The monoisotopic (exact) mass is 207 g/mol. The topological polar surface area (TPSA) is 64.1 Å². The van der Waals surface area contributed by atoms with Gasteiger partial charge in [0.15, 0.2) is 0 Å². The maximum Gasteiger partial charge on any atom is 0.316 e. The molecule has 2 rings (SSSR count). The van der Waals surface area contributed by atoms with Crippen molar-refractivity contribution in [3.05, 3.63) is 18.0 Å². The predicted octanol–water partition coefficient (Wildman–Crippen LogP) is 0.442. The second-order valence-electron chi connectivity index (χ2n) is 3.59. The van der Waals surface area contributed by atoms with E-state index < -0.39 is 0 Å². The van der Waals surface area contributed by atoms with Crippen LogP contribution in [0.25, 0.3) is 0 Å². The highest BCUT2D eigenvalue weighted by Gasteiger charge is 2.21. The van der Waals surface area contributed by atoms with Crippen molar-refractivity contribution in [2.24, 2.45) is 0 Å². The second kappa shape index (κ2) is 4.25. The third-order valence-corrected chi connectivity index (χ3v) is 2.27. The van der Waals surface area contributed by atoms with E-state index in [4.69, 9.17) is 4.74 Å². The van der Waals surface area contributed by atoms with Crippen LogP contribution in [0.1, 0.15) is 18.5 Å². The number of nitrogens with one attached hydrogen (secondary N) is 1. The van der Waals surface area contributed by atoms with Gasteiger partial charge in [-0.05, 0) is 19.4 Å². The Morgan fingerprint density at radius 3 is 3.20 bits per heavy atom. The first kappa shape index (κ1) is 9.89. The quantitative estimate of drug-likeness (QED) is 0.781. The molecular formula is C10H13N3O2. The standard InChI is InChI=1S/C10H13N3O2/c1-7-4-5-11-10(12-7)15-6-8-2-3-9(14)13-8/h4-5,8H,2-3,6H2,1H3,(H,13,14)/t8-/m0/s1. The molecule has 1 fully saturated rings. The van der Waals surface area contributed by atoms with Gasteiger partial charge in [-0.1, -0.05) is 0 Å². The van der Waals surface area contributed by atoms with Gasteiger partial charge in [-0.25, -0.2) is 9.97 Å². The number of rotatable bonds is 3. The van der Waals surface area contributed by atoms with Crippen LogP contribution in [0, 0.1) is 6.92 Å². The molecule has 5 nitrogen and oxygen atoms in total. The van der Waals surface area contributed by atoms with Crippen molar-refractivity contribution in [1.82, 2.24) is 15.3 Å². The molecule has 1 saturated heterocycles. The fourth-order valence-corrected chi connectivity index (χ4v) is 1.47. The summed E-state index contributed by atoms with van der Waals surface area (Å²) in [7, 11) is 0. The molecule has 2 heterocycles. The van der Waals surface area contributed by atoms with Crippen LogP contribution in [-0.4, -0.2) is 28.5 Å².